The van der Waals surface area contributed by atoms with Gasteiger partial charge in [0, 0.05) is 24.9 Å². The minimum Gasteiger partial charge on any atom is -0.465 e. The van der Waals surface area contributed by atoms with Crippen molar-refractivity contribution in [2.24, 2.45) is 0 Å². The zero-order chi connectivity index (χ0) is 14.8. The number of hydrogen-bond donors (Lipinski definition) is 2. The van der Waals surface area contributed by atoms with Crippen molar-refractivity contribution >= 4 is 6.09 Å². The number of imidazole rings is 1. The molecule has 0 saturated carbocycles. The molecule has 0 unspecified atom stereocenters. The number of nitrogens with zero attached hydrogens (tertiary/aromatic N) is 4. The molecule has 1 aliphatic rings. The zero-order valence-electron chi connectivity index (χ0n) is 11.4. The van der Waals surface area contributed by atoms with Crippen LogP contribution in [0.3, 0.4) is 0 Å². The number of carbonyl (C=O) groups is 1. The summed E-state index contributed by atoms with van der Waals surface area (Å²) in [4.78, 5) is 20.8. The van der Waals surface area contributed by atoms with Gasteiger partial charge in [0.15, 0.2) is 0 Å². The SMILES string of the molecule is O=C(O)N1CCc2c(ncn2Cc2cccnc2CO)C1. The quantitative estimate of drug-likeness (QED) is 0.874. The maximum absolute atomic E-state index is 11.0. The minimum atomic E-state index is -0.912. The molecular weight excluding hydrogens is 272 g/mol. The van der Waals surface area contributed by atoms with Gasteiger partial charge in [0.1, 0.15) is 0 Å². The van der Waals surface area contributed by atoms with Gasteiger partial charge >= 0.3 is 6.09 Å². The lowest BCUT2D eigenvalue weighted by atomic mass is 10.1. The Morgan fingerprint density at radius 2 is 2.24 bits per heavy atom. The highest BCUT2D eigenvalue weighted by atomic mass is 16.4. The van der Waals surface area contributed by atoms with E-state index in [0.29, 0.717) is 31.7 Å². The Hall–Kier alpha value is -2.41. The molecule has 110 valence electrons. The van der Waals surface area contributed by atoms with E-state index in [4.69, 9.17) is 5.11 Å². The fourth-order valence-corrected chi connectivity index (χ4v) is 2.61. The second-order valence-corrected chi connectivity index (χ2v) is 4.99. The summed E-state index contributed by atoms with van der Waals surface area (Å²) in [6, 6.07) is 3.77. The lowest BCUT2D eigenvalue weighted by Gasteiger charge is -2.24. The third-order valence-corrected chi connectivity index (χ3v) is 3.74. The van der Waals surface area contributed by atoms with Crippen LogP contribution in [0.1, 0.15) is 22.6 Å². The first kappa shape index (κ1) is 13.6. The van der Waals surface area contributed by atoms with Crippen molar-refractivity contribution < 1.29 is 15.0 Å². The highest BCUT2D eigenvalue weighted by Gasteiger charge is 2.24. The molecule has 3 heterocycles. The first-order chi connectivity index (χ1) is 10.2. The summed E-state index contributed by atoms with van der Waals surface area (Å²) in [5, 5.41) is 18.4. The maximum atomic E-state index is 11.0. The number of hydrogen-bond acceptors (Lipinski definition) is 4. The highest BCUT2D eigenvalue weighted by molar-refractivity contribution is 5.65. The molecule has 0 fully saturated rings. The van der Waals surface area contributed by atoms with Gasteiger partial charge in [-0.1, -0.05) is 6.07 Å². The summed E-state index contributed by atoms with van der Waals surface area (Å²) in [6.07, 6.45) is 3.12. The topological polar surface area (TPSA) is 91.5 Å². The number of rotatable bonds is 3. The van der Waals surface area contributed by atoms with Gasteiger partial charge in [-0.3, -0.25) is 4.98 Å². The molecule has 0 spiro atoms. The largest absolute Gasteiger partial charge is 0.465 e. The summed E-state index contributed by atoms with van der Waals surface area (Å²) in [7, 11) is 0. The molecule has 3 rings (SSSR count). The number of aromatic nitrogens is 3. The minimum absolute atomic E-state index is 0.0974. The average molecular weight is 288 g/mol. The Morgan fingerprint density at radius 1 is 1.38 bits per heavy atom. The summed E-state index contributed by atoms with van der Waals surface area (Å²) >= 11 is 0. The molecule has 0 saturated heterocycles. The van der Waals surface area contributed by atoms with Crippen LogP contribution in [0.15, 0.2) is 24.7 Å². The van der Waals surface area contributed by atoms with Crippen molar-refractivity contribution in [3.05, 3.63) is 47.3 Å². The number of pyridine rings is 1. The first-order valence-corrected chi connectivity index (χ1v) is 6.73. The Morgan fingerprint density at radius 3 is 3.00 bits per heavy atom. The van der Waals surface area contributed by atoms with Crippen LogP contribution in [0.2, 0.25) is 0 Å². The van der Waals surface area contributed by atoms with Crippen LogP contribution in [0.5, 0.6) is 0 Å². The van der Waals surface area contributed by atoms with Crippen LogP contribution in [0.4, 0.5) is 4.79 Å². The molecule has 0 radical (unpaired) electrons. The standard InChI is InChI=1S/C14H16N4O3/c19-8-12-10(2-1-4-15-12)6-18-9-16-11-7-17(14(20)21)5-3-13(11)18/h1-2,4,9,19H,3,5-8H2,(H,20,21). The van der Waals surface area contributed by atoms with E-state index in [1.165, 1.54) is 4.90 Å². The lowest BCUT2D eigenvalue weighted by Crippen LogP contribution is -2.35. The summed E-state index contributed by atoms with van der Waals surface area (Å²) in [5.74, 6) is 0. The van der Waals surface area contributed by atoms with E-state index < -0.39 is 6.09 Å². The summed E-state index contributed by atoms with van der Waals surface area (Å²) in [6.45, 7) is 1.30. The summed E-state index contributed by atoms with van der Waals surface area (Å²) in [5.41, 5.74) is 3.46. The van der Waals surface area contributed by atoms with E-state index in [9.17, 15) is 9.90 Å². The molecule has 7 nitrogen and oxygen atoms in total. The maximum Gasteiger partial charge on any atom is 0.407 e. The molecule has 0 aliphatic carbocycles. The summed E-state index contributed by atoms with van der Waals surface area (Å²) < 4.78 is 2.00. The predicted octanol–water partition coefficient (Wildman–Crippen LogP) is 0.855. The number of aliphatic hydroxyl groups is 1. The predicted molar refractivity (Wildman–Crippen MR) is 73.6 cm³/mol. The molecule has 2 aromatic heterocycles. The molecular formula is C14H16N4O3. The monoisotopic (exact) mass is 288 g/mol. The van der Waals surface area contributed by atoms with Gasteiger partial charge in [0.25, 0.3) is 0 Å². The zero-order valence-corrected chi connectivity index (χ0v) is 11.4. The number of aliphatic hydroxyl groups excluding tert-OH is 1. The number of amides is 1. The number of carboxylic acid groups (broad SMARTS) is 1. The molecule has 1 aliphatic heterocycles. The van der Waals surface area contributed by atoms with Crippen LogP contribution in [-0.4, -0.2) is 42.3 Å². The lowest BCUT2D eigenvalue weighted by molar-refractivity contribution is 0.139. The molecule has 7 heteroatoms. The second-order valence-electron chi connectivity index (χ2n) is 4.99. The third kappa shape index (κ3) is 2.59. The van der Waals surface area contributed by atoms with E-state index >= 15 is 0 Å². The van der Waals surface area contributed by atoms with E-state index in [-0.39, 0.29) is 6.61 Å². The highest BCUT2D eigenvalue weighted by Crippen LogP contribution is 2.19. The second kappa shape index (κ2) is 5.53. The third-order valence-electron chi connectivity index (χ3n) is 3.74. The van der Waals surface area contributed by atoms with Crippen molar-refractivity contribution in [1.29, 1.82) is 0 Å². The van der Waals surface area contributed by atoms with Crippen LogP contribution >= 0.6 is 0 Å². The van der Waals surface area contributed by atoms with Crippen molar-refractivity contribution in [1.82, 2.24) is 19.4 Å². The molecule has 21 heavy (non-hydrogen) atoms. The van der Waals surface area contributed by atoms with Gasteiger partial charge in [-0.05, 0) is 11.6 Å². The molecule has 2 N–H and O–H groups in total. The van der Waals surface area contributed by atoms with Gasteiger partial charge in [-0.25, -0.2) is 9.78 Å². The van der Waals surface area contributed by atoms with Crippen molar-refractivity contribution in [3.63, 3.8) is 0 Å². The van der Waals surface area contributed by atoms with Gasteiger partial charge in [0.05, 0.1) is 37.4 Å². The van der Waals surface area contributed by atoms with Crippen molar-refractivity contribution in [2.45, 2.75) is 26.1 Å². The Balaban J connectivity index is 1.84. The van der Waals surface area contributed by atoms with E-state index in [0.717, 1.165) is 17.0 Å². The fraction of sp³-hybridized carbons (Fsp3) is 0.357. The van der Waals surface area contributed by atoms with Gasteiger partial charge in [-0.15, -0.1) is 0 Å². The first-order valence-electron chi connectivity index (χ1n) is 6.73. The van der Waals surface area contributed by atoms with E-state index in [2.05, 4.69) is 9.97 Å². The van der Waals surface area contributed by atoms with E-state index in [1.807, 2.05) is 16.7 Å². The van der Waals surface area contributed by atoms with Gasteiger partial charge in [0.2, 0.25) is 0 Å². The molecule has 2 aromatic rings. The Labute approximate surface area is 121 Å². The Bertz CT molecular complexity index is 668. The molecule has 0 atom stereocenters. The van der Waals surface area contributed by atoms with E-state index in [1.54, 1.807) is 12.5 Å². The average Bonchev–Trinajstić information content (AvgIpc) is 2.90. The van der Waals surface area contributed by atoms with Crippen LogP contribution in [-0.2, 0) is 26.1 Å². The molecule has 0 bridgehead atoms. The van der Waals surface area contributed by atoms with Gasteiger partial charge < -0.3 is 19.7 Å². The molecule has 1 amide bonds. The van der Waals surface area contributed by atoms with Gasteiger partial charge in [-0.2, -0.15) is 0 Å². The normalized spacial score (nSPS) is 14.0. The van der Waals surface area contributed by atoms with Crippen molar-refractivity contribution in [3.8, 4) is 0 Å². The fourth-order valence-electron chi connectivity index (χ4n) is 2.61. The Kier molecular flexibility index (Phi) is 3.57. The van der Waals surface area contributed by atoms with Crippen LogP contribution in [0, 0.1) is 0 Å². The van der Waals surface area contributed by atoms with Crippen LogP contribution < -0.4 is 0 Å². The van der Waals surface area contributed by atoms with Crippen molar-refractivity contribution in [2.75, 3.05) is 6.54 Å². The smallest absolute Gasteiger partial charge is 0.407 e. The number of fused-ring (bicyclic) bond motifs is 1. The molecule has 0 aromatic carbocycles. The van der Waals surface area contributed by atoms with Crippen LogP contribution in [0.25, 0.3) is 0 Å².